The molecule has 0 bridgehead atoms. The minimum absolute atomic E-state index is 0.0331. The summed E-state index contributed by atoms with van der Waals surface area (Å²) in [5, 5.41) is 2.97. The molecule has 0 aromatic rings. The molecule has 0 fully saturated rings. The van der Waals surface area contributed by atoms with Crippen LogP contribution in [-0.4, -0.2) is 31.4 Å². The molecule has 0 aliphatic rings. The highest BCUT2D eigenvalue weighted by Crippen LogP contribution is 2.01. The van der Waals surface area contributed by atoms with Crippen LogP contribution < -0.4 is 16.8 Å². The van der Waals surface area contributed by atoms with Crippen molar-refractivity contribution in [1.82, 2.24) is 5.32 Å². The molecule has 0 aromatic carbocycles. The van der Waals surface area contributed by atoms with Crippen molar-refractivity contribution in [3.8, 4) is 0 Å². The lowest BCUT2D eigenvalue weighted by atomic mass is 10.1. The first-order chi connectivity index (χ1) is 6.57. The van der Waals surface area contributed by atoms with E-state index >= 15 is 0 Å². The Morgan fingerprint density at radius 2 is 2.07 bits per heavy atom. The first kappa shape index (κ1) is 12.9. The maximum Gasteiger partial charge on any atom is 0.185 e. The Bertz CT molecular complexity index is 199. The van der Waals surface area contributed by atoms with Crippen molar-refractivity contribution in [3.05, 3.63) is 0 Å². The second-order valence-electron chi connectivity index (χ2n) is 3.25. The van der Waals surface area contributed by atoms with Crippen molar-refractivity contribution in [1.29, 1.82) is 0 Å². The molecule has 0 heterocycles. The number of carbonyl (C=O) groups is 1. The number of nitrogens with one attached hydrogen (secondary N) is 1. The number of unbranched alkanes of at least 4 members (excludes halogenated alkanes) is 1. The summed E-state index contributed by atoms with van der Waals surface area (Å²) in [7, 11) is 1.79. The lowest BCUT2D eigenvalue weighted by Crippen LogP contribution is -2.32. The van der Waals surface area contributed by atoms with E-state index in [1.165, 1.54) is 0 Å². The van der Waals surface area contributed by atoms with Gasteiger partial charge in [0.15, 0.2) is 5.96 Å². The van der Waals surface area contributed by atoms with Gasteiger partial charge in [-0.05, 0) is 33.2 Å². The molecule has 0 saturated carbocycles. The van der Waals surface area contributed by atoms with E-state index in [4.69, 9.17) is 11.5 Å². The molecule has 0 aliphatic carbocycles. The minimum Gasteiger partial charge on any atom is -0.370 e. The Morgan fingerprint density at radius 1 is 1.43 bits per heavy atom. The first-order valence-electron chi connectivity index (χ1n) is 4.81. The molecular formula is C9H20N4O. The summed E-state index contributed by atoms with van der Waals surface area (Å²) in [6, 6.07) is -0.0331. The van der Waals surface area contributed by atoms with E-state index in [0.29, 0.717) is 6.54 Å². The Hall–Kier alpha value is -1.10. The molecule has 0 unspecified atom stereocenters. The highest BCUT2D eigenvalue weighted by molar-refractivity contribution is 5.81. The molecule has 0 rings (SSSR count). The SMILES string of the molecule is CN[C@@H](CCCCN=C(N)N)C(C)=O. The summed E-state index contributed by atoms with van der Waals surface area (Å²) >= 11 is 0. The van der Waals surface area contributed by atoms with Gasteiger partial charge in [0.05, 0.1) is 6.04 Å². The molecule has 1 atom stereocenters. The van der Waals surface area contributed by atoms with Crippen LogP contribution in [0.3, 0.4) is 0 Å². The van der Waals surface area contributed by atoms with Gasteiger partial charge in [0, 0.05) is 6.54 Å². The van der Waals surface area contributed by atoms with Crippen molar-refractivity contribution in [2.45, 2.75) is 32.2 Å². The summed E-state index contributed by atoms with van der Waals surface area (Å²) in [6.45, 7) is 2.23. The average molecular weight is 200 g/mol. The Kier molecular flexibility index (Phi) is 6.74. The summed E-state index contributed by atoms with van der Waals surface area (Å²) in [4.78, 5) is 14.9. The number of nitrogens with two attached hydrogens (primary N) is 2. The van der Waals surface area contributed by atoms with Gasteiger partial charge in [-0.15, -0.1) is 0 Å². The summed E-state index contributed by atoms with van der Waals surface area (Å²) in [6.07, 6.45) is 2.69. The Labute approximate surface area is 84.9 Å². The molecule has 0 radical (unpaired) electrons. The van der Waals surface area contributed by atoms with Crippen LogP contribution in [0.5, 0.6) is 0 Å². The zero-order valence-electron chi connectivity index (χ0n) is 8.92. The van der Waals surface area contributed by atoms with Crippen LogP contribution in [0, 0.1) is 0 Å². The number of rotatable bonds is 7. The fourth-order valence-electron chi connectivity index (χ4n) is 1.22. The number of nitrogens with zero attached hydrogens (tertiary/aromatic N) is 1. The minimum atomic E-state index is -0.0331. The molecule has 0 aliphatic heterocycles. The summed E-state index contributed by atoms with van der Waals surface area (Å²) in [5.41, 5.74) is 10.3. The van der Waals surface area contributed by atoms with Crippen LogP contribution in [0.1, 0.15) is 26.2 Å². The Morgan fingerprint density at radius 3 is 2.50 bits per heavy atom. The zero-order chi connectivity index (χ0) is 11.0. The number of ketones is 1. The van der Waals surface area contributed by atoms with Gasteiger partial charge >= 0.3 is 0 Å². The summed E-state index contributed by atoms with van der Waals surface area (Å²) < 4.78 is 0. The van der Waals surface area contributed by atoms with Crippen molar-refractivity contribution < 1.29 is 4.79 Å². The van der Waals surface area contributed by atoms with Crippen molar-refractivity contribution in [2.75, 3.05) is 13.6 Å². The van der Waals surface area contributed by atoms with Gasteiger partial charge in [-0.2, -0.15) is 0 Å². The molecule has 82 valence electrons. The molecule has 0 amide bonds. The molecular weight excluding hydrogens is 180 g/mol. The van der Waals surface area contributed by atoms with Crippen LogP contribution in [-0.2, 0) is 4.79 Å². The van der Waals surface area contributed by atoms with E-state index < -0.39 is 0 Å². The standard InChI is InChI=1S/C9H20N4O/c1-7(14)8(12-2)5-3-4-6-13-9(10)11/h8,12H,3-6H2,1-2H3,(H4,10,11,13)/t8-/m0/s1. The van der Waals surface area contributed by atoms with Crippen LogP contribution in [0.15, 0.2) is 4.99 Å². The molecule has 5 nitrogen and oxygen atoms in total. The number of Topliss-reactive ketones (excluding diaryl/α,β-unsaturated/α-hetero) is 1. The number of carbonyl (C=O) groups excluding carboxylic acids is 1. The van der Waals surface area contributed by atoms with E-state index in [1.807, 2.05) is 0 Å². The fourth-order valence-corrected chi connectivity index (χ4v) is 1.22. The van der Waals surface area contributed by atoms with Gasteiger partial charge in [0.1, 0.15) is 5.78 Å². The second-order valence-corrected chi connectivity index (χ2v) is 3.25. The topological polar surface area (TPSA) is 93.5 Å². The largest absolute Gasteiger partial charge is 0.370 e. The maximum atomic E-state index is 11.0. The third-order valence-corrected chi connectivity index (χ3v) is 2.03. The van der Waals surface area contributed by atoms with Gasteiger partial charge in [0.2, 0.25) is 0 Å². The van der Waals surface area contributed by atoms with Crippen LogP contribution in [0.4, 0.5) is 0 Å². The molecule has 5 heteroatoms. The smallest absolute Gasteiger partial charge is 0.185 e. The predicted octanol–water partition coefficient (Wildman–Crippen LogP) is -0.393. The van der Waals surface area contributed by atoms with Crippen molar-refractivity contribution >= 4 is 11.7 Å². The van der Waals surface area contributed by atoms with E-state index in [9.17, 15) is 4.79 Å². The van der Waals surface area contributed by atoms with E-state index in [-0.39, 0.29) is 17.8 Å². The molecule has 0 aromatic heterocycles. The average Bonchev–Trinajstić information content (AvgIpc) is 2.10. The maximum absolute atomic E-state index is 11.0. The number of hydrogen-bond acceptors (Lipinski definition) is 3. The van der Waals surface area contributed by atoms with E-state index in [1.54, 1.807) is 14.0 Å². The van der Waals surface area contributed by atoms with Gasteiger partial charge in [-0.3, -0.25) is 9.79 Å². The first-order valence-corrected chi connectivity index (χ1v) is 4.81. The number of guanidine groups is 1. The highest BCUT2D eigenvalue weighted by Gasteiger charge is 2.09. The van der Waals surface area contributed by atoms with Crippen LogP contribution in [0.25, 0.3) is 0 Å². The number of aliphatic imine (C=N–C) groups is 1. The van der Waals surface area contributed by atoms with E-state index in [2.05, 4.69) is 10.3 Å². The normalized spacial score (nSPS) is 12.1. The van der Waals surface area contributed by atoms with Crippen LogP contribution in [0.2, 0.25) is 0 Å². The van der Waals surface area contributed by atoms with Crippen molar-refractivity contribution in [3.63, 3.8) is 0 Å². The van der Waals surface area contributed by atoms with E-state index in [0.717, 1.165) is 19.3 Å². The van der Waals surface area contributed by atoms with Gasteiger partial charge in [0.25, 0.3) is 0 Å². The lowest BCUT2D eigenvalue weighted by Gasteiger charge is -2.11. The molecule has 14 heavy (non-hydrogen) atoms. The number of likely N-dealkylation sites (N-methyl/N-ethyl adjacent to an activating group) is 1. The third-order valence-electron chi connectivity index (χ3n) is 2.03. The summed E-state index contributed by atoms with van der Waals surface area (Å²) in [5.74, 6) is 0.302. The molecule has 0 saturated heterocycles. The molecule has 5 N–H and O–H groups in total. The zero-order valence-corrected chi connectivity index (χ0v) is 8.92. The Balaban J connectivity index is 3.52. The fraction of sp³-hybridized carbons (Fsp3) is 0.778. The van der Waals surface area contributed by atoms with Gasteiger partial charge < -0.3 is 16.8 Å². The van der Waals surface area contributed by atoms with Gasteiger partial charge in [-0.1, -0.05) is 0 Å². The van der Waals surface area contributed by atoms with Crippen LogP contribution >= 0.6 is 0 Å². The third kappa shape index (κ3) is 6.42. The van der Waals surface area contributed by atoms with Gasteiger partial charge in [-0.25, -0.2) is 0 Å². The highest BCUT2D eigenvalue weighted by atomic mass is 16.1. The molecule has 0 spiro atoms. The number of hydrogen-bond donors (Lipinski definition) is 3. The monoisotopic (exact) mass is 200 g/mol. The predicted molar refractivity (Wildman–Crippen MR) is 58.1 cm³/mol. The quantitative estimate of drug-likeness (QED) is 0.296. The van der Waals surface area contributed by atoms with Crippen molar-refractivity contribution in [2.24, 2.45) is 16.5 Å². The lowest BCUT2D eigenvalue weighted by molar-refractivity contribution is -0.119. The second kappa shape index (κ2) is 7.32.